The van der Waals surface area contributed by atoms with Crippen molar-refractivity contribution in [3.63, 3.8) is 0 Å². The summed E-state index contributed by atoms with van der Waals surface area (Å²) >= 11 is 0. The molecule has 0 atom stereocenters. The Labute approximate surface area is 98.8 Å². The quantitative estimate of drug-likeness (QED) is 0.835. The van der Waals surface area contributed by atoms with Crippen LogP contribution < -0.4 is 14.8 Å². The minimum atomic E-state index is 0.318. The third-order valence-electron chi connectivity index (χ3n) is 2.61. The second-order valence-electron chi connectivity index (χ2n) is 3.83. The molecule has 5 nitrogen and oxygen atoms in total. The van der Waals surface area contributed by atoms with Crippen molar-refractivity contribution in [2.75, 3.05) is 6.79 Å². The molecule has 0 unspecified atom stereocenters. The van der Waals surface area contributed by atoms with Gasteiger partial charge in [0.05, 0.1) is 6.54 Å². The fourth-order valence-corrected chi connectivity index (χ4v) is 1.77. The number of H-pyrrole nitrogens is 1. The van der Waals surface area contributed by atoms with Crippen LogP contribution >= 0.6 is 0 Å². The van der Waals surface area contributed by atoms with E-state index in [4.69, 9.17) is 9.47 Å². The predicted molar refractivity (Wildman–Crippen MR) is 61.7 cm³/mol. The lowest BCUT2D eigenvalue weighted by Gasteiger charge is -2.04. The maximum atomic E-state index is 5.32. The predicted octanol–water partition coefficient (Wildman–Crippen LogP) is 1.43. The van der Waals surface area contributed by atoms with E-state index < -0.39 is 0 Å². The van der Waals surface area contributed by atoms with E-state index in [2.05, 4.69) is 15.3 Å². The van der Waals surface area contributed by atoms with Crippen LogP contribution in [0.1, 0.15) is 11.4 Å². The van der Waals surface area contributed by atoms with Gasteiger partial charge in [-0.15, -0.1) is 0 Å². The van der Waals surface area contributed by atoms with Crippen molar-refractivity contribution >= 4 is 0 Å². The zero-order valence-electron chi connectivity index (χ0n) is 9.27. The first-order valence-electron chi connectivity index (χ1n) is 5.49. The molecule has 1 aliphatic heterocycles. The van der Waals surface area contributed by atoms with E-state index in [-0.39, 0.29) is 0 Å². The molecule has 2 aromatic rings. The first-order chi connectivity index (χ1) is 8.42. The Kier molecular flexibility index (Phi) is 2.67. The fourth-order valence-electron chi connectivity index (χ4n) is 1.77. The number of aromatic nitrogens is 2. The molecular weight excluding hydrogens is 218 g/mol. The number of imidazole rings is 1. The molecule has 0 spiro atoms. The molecule has 1 aromatic carbocycles. The van der Waals surface area contributed by atoms with Gasteiger partial charge in [-0.2, -0.15) is 0 Å². The Morgan fingerprint density at radius 1 is 1.24 bits per heavy atom. The van der Waals surface area contributed by atoms with Crippen LogP contribution in [0, 0.1) is 0 Å². The molecule has 0 saturated heterocycles. The summed E-state index contributed by atoms with van der Waals surface area (Å²) in [6, 6.07) is 5.96. The average molecular weight is 231 g/mol. The Balaban J connectivity index is 1.58. The van der Waals surface area contributed by atoms with Crippen LogP contribution in [-0.4, -0.2) is 16.8 Å². The molecule has 17 heavy (non-hydrogen) atoms. The summed E-state index contributed by atoms with van der Waals surface area (Å²) in [4.78, 5) is 7.19. The highest BCUT2D eigenvalue weighted by molar-refractivity contribution is 5.44. The van der Waals surface area contributed by atoms with Crippen molar-refractivity contribution in [2.45, 2.75) is 13.1 Å². The summed E-state index contributed by atoms with van der Waals surface area (Å²) in [6.45, 7) is 1.82. The maximum Gasteiger partial charge on any atom is 0.231 e. The molecule has 0 amide bonds. The van der Waals surface area contributed by atoms with E-state index in [0.717, 1.165) is 30.4 Å². The van der Waals surface area contributed by atoms with Gasteiger partial charge >= 0.3 is 0 Å². The van der Waals surface area contributed by atoms with Gasteiger partial charge in [0.1, 0.15) is 5.82 Å². The highest BCUT2D eigenvalue weighted by atomic mass is 16.7. The fraction of sp³-hybridized carbons (Fsp3) is 0.250. The number of hydrogen-bond acceptors (Lipinski definition) is 4. The van der Waals surface area contributed by atoms with Gasteiger partial charge in [-0.1, -0.05) is 6.07 Å². The van der Waals surface area contributed by atoms with Gasteiger partial charge in [-0.3, -0.25) is 0 Å². The number of benzene rings is 1. The lowest BCUT2D eigenvalue weighted by atomic mass is 10.2. The van der Waals surface area contributed by atoms with Gasteiger partial charge in [0, 0.05) is 18.9 Å². The third-order valence-corrected chi connectivity index (χ3v) is 2.61. The van der Waals surface area contributed by atoms with Crippen molar-refractivity contribution in [2.24, 2.45) is 0 Å². The van der Waals surface area contributed by atoms with E-state index in [1.807, 2.05) is 24.4 Å². The van der Waals surface area contributed by atoms with Crippen molar-refractivity contribution < 1.29 is 9.47 Å². The molecule has 3 rings (SSSR count). The van der Waals surface area contributed by atoms with Crippen molar-refractivity contribution in [3.05, 3.63) is 42.0 Å². The van der Waals surface area contributed by atoms with E-state index in [9.17, 15) is 0 Å². The molecule has 1 aliphatic rings. The van der Waals surface area contributed by atoms with Crippen LogP contribution in [0.15, 0.2) is 30.6 Å². The minimum Gasteiger partial charge on any atom is -0.454 e. The highest BCUT2D eigenvalue weighted by Gasteiger charge is 2.12. The Morgan fingerprint density at radius 2 is 2.18 bits per heavy atom. The molecule has 2 heterocycles. The first-order valence-corrected chi connectivity index (χ1v) is 5.49. The van der Waals surface area contributed by atoms with Crippen molar-refractivity contribution in [3.8, 4) is 11.5 Å². The Hall–Kier alpha value is -2.01. The normalized spacial score (nSPS) is 12.9. The van der Waals surface area contributed by atoms with Crippen LogP contribution in [0.2, 0.25) is 0 Å². The van der Waals surface area contributed by atoms with E-state index in [1.54, 1.807) is 6.20 Å². The summed E-state index contributed by atoms with van der Waals surface area (Å²) in [5.74, 6) is 2.58. The molecule has 0 bridgehead atoms. The van der Waals surface area contributed by atoms with Crippen LogP contribution in [0.25, 0.3) is 0 Å². The standard InChI is InChI=1S/C12H13N3O2/c1-2-10-11(17-8-16-10)5-9(1)6-13-7-12-14-3-4-15-12/h1-5,13H,6-8H2,(H,14,15). The van der Waals surface area contributed by atoms with Crippen LogP contribution in [-0.2, 0) is 13.1 Å². The van der Waals surface area contributed by atoms with Gasteiger partial charge in [-0.25, -0.2) is 4.98 Å². The topological polar surface area (TPSA) is 59.2 Å². The SMILES string of the molecule is c1c[nH]c(CNCc2ccc3c(c2)OCO3)n1. The zero-order chi connectivity index (χ0) is 11.5. The molecule has 2 N–H and O–H groups in total. The van der Waals surface area contributed by atoms with E-state index in [1.165, 1.54) is 5.56 Å². The van der Waals surface area contributed by atoms with E-state index >= 15 is 0 Å². The molecule has 5 heteroatoms. The van der Waals surface area contributed by atoms with Crippen LogP contribution in [0.4, 0.5) is 0 Å². The summed E-state index contributed by atoms with van der Waals surface area (Å²) in [7, 11) is 0. The monoisotopic (exact) mass is 231 g/mol. The Morgan fingerprint density at radius 3 is 3.06 bits per heavy atom. The minimum absolute atomic E-state index is 0.318. The molecule has 0 aliphatic carbocycles. The third kappa shape index (κ3) is 2.24. The Bertz CT molecular complexity index is 496. The summed E-state index contributed by atoms with van der Waals surface area (Å²) in [6.07, 6.45) is 3.56. The number of ether oxygens (including phenoxy) is 2. The largest absolute Gasteiger partial charge is 0.454 e. The average Bonchev–Trinajstić information content (AvgIpc) is 2.98. The van der Waals surface area contributed by atoms with Gasteiger partial charge < -0.3 is 19.8 Å². The molecular formula is C12H13N3O2. The van der Waals surface area contributed by atoms with Gasteiger partial charge in [0.15, 0.2) is 11.5 Å². The van der Waals surface area contributed by atoms with Crippen LogP contribution in [0.3, 0.4) is 0 Å². The van der Waals surface area contributed by atoms with Gasteiger partial charge in [0.2, 0.25) is 6.79 Å². The number of hydrogen-bond donors (Lipinski definition) is 2. The van der Waals surface area contributed by atoms with Gasteiger partial charge in [-0.05, 0) is 17.7 Å². The molecule has 0 fully saturated rings. The molecule has 0 radical (unpaired) electrons. The summed E-state index contributed by atoms with van der Waals surface area (Å²) in [5.41, 5.74) is 1.17. The highest BCUT2D eigenvalue weighted by Crippen LogP contribution is 2.32. The van der Waals surface area contributed by atoms with Crippen molar-refractivity contribution in [1.82, 2.24) is 15.3 Å². The van der Waals surface area contributed by atoms with Crippen molar-refractivity contribution in [1.29, 1.82) is 0 Å². The second kappa shape index (κ2) is 4.47. The number of nitrogens with zero attached hydrogens (tertiary/aromatic N) is 1. The van der Waals surface area contributed by atoms with Crippen LogP contribution in [0.5, 0.6) is 11.5 Å². The number of fused-ring (bicyclic) bond motifs is 1. The molecule has 88 valence electrons. The van der Waals surface area contributed by atoms with Gasteiger partial charge in [0.25, 0.3) is 0 Å². The smallest absolute Gasteiger partial charge is 0.231 e. The second-order valence-corrected chi connectivity index (χ2v) is 3.83. The number of rotatable bonds is 4. The molecule has 1 aromatic heterocycles. The van der Waals surface area contributed by atoms with E-state index in [0.29, 0.717) is 6.79 Å². The summed E-state index contributed by atoms with van der Waals surface area (Å²) < 4.78 is 10.6. The maximum absolute atomic E-state index is 5.32. The molecule has 0 saturated carbocycles. The summed E-state index contributed by atoms with van der Waals surface area (Å²) in [5, 5.41) is 3.31. The number of aromatic amines is 1. The lowest BCUT2D eigenvalue weighted by Crippen LogP contribution is -2.13. The number of nitrogens with one attached hydrogen (secondary N) is 2. The first kappa shape index (κ1) is 10.2. The zero-order valence-corrected chi connectivity index (χ0v) is 9.27. The lowest BCUT2D eigenvalue weighted by molar-refractivity contribution is 0.174.